The molecule has 0 saturated heterocycles. The average molecular weight is 283 g/mol. The van der Waals surface area contributed by atoms with Crippen molar-refractivity contribution >= 4 is 11.4 Å². The van der Waals surface area contributed by atoms with Crippen LogP contribution < -0.4 is 0 Å². The van der Waals surface area contributed by atoms with Gasteiger partial charge in [-0.1, -0.05) is 25.5 Å². The molecule has 0 spiro atoms. The molecular weight excluding hydrogens is 258 g/mol. The summed E-state index contributed by atoms with van der Waals surface area (Å²) < 4.78 is 14.2. The summed E-state index contributed by atoms with van der Waals surface area (Å²) >= 11 is -1.05. The molecule has 0 radical (unpaired) electrons. The van der Waals surface area contributed by atoms with E-state index >= 15 is 0 Å². The van der Waals surface area contributed by atoms with E-state index in [0.717, 1.165) is 18.4 Å². The molecule has 1 rings (SSSR count). The van der Waals surface area contributed by atoms with E-state index in [-0.39, 0.29) is 16.5 Å². The fraction of sp³-hybridized carbons (Fsp3) is 0.600. The van der Waals surface area contributed by atoms with Crippen LogP contribution in [0.5, 0.6) is 5.75 Å². The fourth-order valence-electron chi connectivity index (χ4n) is 2.08. The summed E-state index contributed by atoms with van der Waals surface area (Å²) in [7, 11) is 1.91. The molecule has 0 fully saturated rings. The number of aromatic hydroxyl groups is 1. The highest BCUT2D eigenvalue weighted by Gasteiger charge is 2.35. The number of benzene rings is 1. The zero-order valence-electron chi connectivity index (χ0n) is 12.5. The van der Waals surface area contributed by atoms with Gasteiger partial charge in [-0.3, -0.25) is 0 Å². The molecule has 4 heteroatoms. The Morgan fingerprint density at radius 2 is 1.79 bits per heavy atom. The maximum Gasteiger partial charge on any atom is 0.137 e. The van der Waals surface area contributed by atoms with Crippen LogP contribution in [0.1, 0.15) is 52.1 Å². The molecule has 0 saturated carbocycles. The number of phenols is 1. The second-order valence-corrected chi connectivity index (χ2v) is 8.10. The van der Waals surface area contributed by atoms with Crippen molar-refractivity contribution in [3.05, 3.63) is 29.8 Å². The normalized spacial score (nSPS) is 15.5. The van der Waals surface area contributed by atoms with Crippen LogP contribution in [-0.2, 0) is 11.4 Å². The number of rotatable bonds is 5. The van der Waals surface area contributed by atoms with E-state index in [1.54, 1.807) is 12.1 Å². The summed E-state index contributed by atoms with van der Waals surface area (Å²) in [5.74, 6) is 0.263. The highest BCUT2D eigenvalue weighted by molar-refractivity contribution is 7.90. The number of nitrogens with zero attached hydrogens (tertiary/aromatic N) is 1. The average Bonchev–Trinajstić information content (AvgIpc) is 2.34. The smallest absolute Gasteiger partial charge is 0.137 e. The van der Waals surface area contributed by atoms with Gasteiger partial charge in [0.1, 0.15) is 10.5 Å². The van der Waals surface area contributed by atoms with E-state index in [9.17, 15) is 9.66 Å². The number of phenolic OH excluding ortho intramolecular Hbond substituents is 1. The van der Waals surface area contributed by atoms with Gasteiger partial charge in [0.05, 0.1) is 6.04 Å². The zero-order chi connectivity index (χ0) is 14.6. The lowest BCUT2D eigenvalue weighted by molar-refractivity contribution is 0.343. The lowest BCUT2D eigenvalue weighted by Gasteiger charge is -2.35. The molecule has 3 nitrogen and oxygen atoms in total. The van der Waals surface area contributed by atoms with Crippen LogP contribution in [0.15, 0.2) is 24.3 Å². The van der Waals surface area contributed by atoms with Crippen molar-refractivity contribution in [2.75, 3.05) is 7.05 Å². The Morgan fingerprint density at radius 3 is 2.21 bits per heavy atom. The quantitative estimate of drug-likeness (QED) is 0.839. The van der Waals surface area contributed by atoms with Gasteiger partial charge >= 0.3 is 0 Å². The van der Waals surface area contributed by atoms with Gasteiger partial charge in [-0.15, -0.1) is 4.31 Å². The van der Waals surface area contributed by atoms with Crippen molar-refractivity contribution in [3.63, 3.8) is 0 Å². The van der Waals surface area contributed by atoms with Gasteiger partial charge in [0, 0.05) is 18.4 Å². The first-order valence-electron chi connectivity index (χ1n) is 6.71. The van der Waals surface area contributed by atoms with Gasteiger partial charge in [-0.2, -0.15) is 0 Å². The van der Waals surface area contributed by atoms with E-state index in [1.807, 2.05) is 44.3 Å². The van der Waals surface area contributed by atoms with Crippen molar-refractivity contribution in [3.8, 4) is 5.75 Å². The Labute approximate surface area is 119 Å². The molecule has 0 heterocycles. The number of hydrogen-bond donors (Lipinski definition) is 1. The lowest BCUT2D eigenvalue weighted by Crippen LogP contribution is -2.42. The molecule has 0 aliphatic carbocycles. The van der Waals surface area contributed by atoms with Crippen LogP contribution in [0.3, 0.4) is 0 Å². The van der Waals surface area contributed by atoms with Crippen molar-refractivity contribution < 1.29 is 9.66 Å². The predicted octanol–water partition coefficient (Wildman–Crippen LogP) is 3.63. The summed E-state index contributed by atoms with van der Waals surface area (Å²) in [6.45, 7) is 8.08. The first kappa shape index (κ1) is 16.3. The second-order valence-electron chi connectivity index (χ2n) is 5.80. The molecule has 1 aromatic carbocycles. The van der Waals surface area contributed by atoms with Crippen LogP contribution in [0.4, 0.5) is 0 Å². The third kappa shape index (κ3) is 4.41. The zero-order valence-corrected chi connectivity index (χ0v) is 13.3. The van der Waals surface area contributed by atoms with Crippen molar-refractivity contribution in [1.29, 1.82) is 0 Å². The Bertz CT molecular complexity index is 386. The highest BCUT2D eigenvalue weighted by atomic mass is 32.2. The van der Waals surface area contributed by atoms with E-state index in [1.165, 1.54) is 0 Å². The van der Waals surface area contributed by atoms with Crippen molar-refractivity contribution in [2.24, 2.45) is 0 Å². The van der Waals surface area contributed by atoms with Gasteiger partial charge in [0.25, 0.3) is 0 Å². The number of hydrogen-bond acceptors (Lipinski definition) is 3. The first-order chi connectivity index (χ1) is 8.77. The van der Waals surface area contributed by atoms with Gasteiger partial charge in [0.2, 0.25) is 0 Å². The Balaban J connectivity index is 2.97. The summed E-state index contributed by atoms with van der Waals surface area (Å²) in [4.78, 5) is 0. The Morgan fingerprint density at radius 1 is 1.26 bits per heavy atom. The summed E-state index contributed by atoms with van der Waals surface area (Å²) in [6.07, 6.45) is 1.97. The van der Waals surface area contributed by atoms with Gasteiger partial charge in [-0.25, -0.2) is 0 Å². The molecule has 19 heavy (non-hydrogen) atoms. The molecule has 1 aromatic rings. The van der Waals surface area contributed by atoms with E-state index in [0.29, 0.717) is 0 Å². The Hall–Kier alpha value is -0.710. The molecule has 0 bridgehead atoms. The van der Waals surface area contributed by atoms with E-state index < -0.39 is 11.4 Å². The summed E-state index contributed by atoms with van der Waals surface area (Å²) in [6, 6.07) is 7.31. The van der Waals surface area contributed by atoms with Crippen molar-refractivity contribution in [1.82, 2.24) is 4.31 Å². The highest BCUT2D eigenvalue weighted by Crippen LogP contribution is 2.32. The van der Waals surface area contributed by atoms with Gasteiger partial charge in [0.15, 0.2) is 0 Å². The standard InChI is InChI=1S/C15H25NO2S/c1-6-7-14(12-8-10-13(17)11-9-12)16(5)19(18)15(2,3)4/h8-11,14,17H,6-7H2,1-5H3. The van der Waals surface area contributed by atoms with Crippen molar-refractivity contribution in [2.45, 2.75) is 51.3 Å². The largest absolute Gasteiger partial charge is 0.597 e. The van der Waals surface area contributed by atoms with E-state index in [2.05, 4.69) is 6.92 Å². The molecular formula is C15H25NO2S. The third-order valence-electron chi connectivity index (χ3n) is 3.06. The SMILES string of the molecule is CCCC(c1ccc(O)cc1)N(C)[S+]([O-])C(C)(C)C. The minimum Gasteiger partial charge on any atom is -0.597 e. The van der Waals surface area contributed by atoms with Crippen LogP contribution in [0.25, 0.3) is 0 Å². The molecule has 2 atom stereocenters. The minimum atomic E-state index is -1.05. The fourth-order valence-corrected chi connectivity index (χ4v) is 3.40. The minimum absolute atomic E-state index is 0.116. The Kier molecular flexibility index (Phi) is 5.71. The van der Waals surface area contributed by atoms with Crippen LogP contribution in [-0.4, -0.2) is 25.8 Å². The lowest BCUT2D eigenvalue weighted by atomic mass is 10.0. The molecule has 0 aromatic heterocycles. The summed E-state index contributed by atoms with van der Waals surface area (Å²) in [5, 5.41) is 9.37. The molecule has 0 aliphatic heterocycles. The van der Waals surface area contributed by atoms with Crippen LogP contribution in [0, 0.1) is 0 Å². The third-order valence-corrected chi connectivity index (χ3v) is 4.89. The van der Waals surface area contributed by atoms with E-state index in [4.69, 9.17) is 0 Å². The van der Waals surface area contributed by atoms with Gasteiger partial charge < -0.3 is 9.66 Å². The maximum atomic E-state index is 12.5. The molecule has 108 valence electrons. The molecule has 0 aliphatic rings. The molecule has 2 unspecified atom stereocenters. The molecule has 1 N–H and O–H groups in total. The van der Waals surface area contributed by atoms with Crippen LogP contribution in [0.2, 0.25) is 0 Å². The first-order valence-corrected chi connectivity index (χ1v) is 7.81. The van der Waals surface area contributed by atoms with Gasteiger partial charge in [-0.05, 0) is 44.9 Å². The van der Waals surface area contributed by atoms with Crippen LogP contribution >= 0.6 is 0 Å². The topological polar surface area (TPSA) is 46.5 Å². The monoisotopic (exact) mass is 283 g/mol. The second kappa shape index (κ2) is 6.64. The maximum absolute atomic E-state index is 12.5. The predicted molar refractivity (Wildman–Crippen MR) is 81.4 cm³/mol. The summed E-state index contributed by atoms with van der Waals surface area (Å²) in [5.41, 5.74) is 1.10. The molecule has 0 amide bonds.